The Bertz CT molecular complexity index is 563. The number of aliphatic carboxylic acids is 1. The summed E-state index contributed by atoms with van der Waals surface area (Å²) in [5.74, 6) is -0.885. The molecule has 0 bridgehead atoms. The molecule has 0 aliphatic heterocycles. The number of hydrogen-bond acceptors (Lipinski definition) is 4. The van der Waals surface area contributed by atoms with Gasteiger partial charge in [-0.2, -0.15) is 0 Å². The van der Waals surface area contributed by atoms with E-state index in [-0.39, 0.29) is 16.8 Å². The number of nitro benzene ring substituents is 1. The minimum Gasteiger partial charge on any atom is -0.481 e. The maximum absolute atomic E-state index is 11.4. The molecule has 1 aliphatic carbocycles. The van der Waals surface area contributed by atoms with Crippen LogP contribution in [0.4, 0.5) is 11.4 Å². The van der Waals surface area contributed by atoms with Crippen molar-refractivity contribution in [3.63, 3.8) is 0 Å². The molecule has 7 heteroatoms. The second kappa shape index (κ2) is 5.28. The minimum absolute atomic E-state index is 0.142. The van der Waals surface area contributed by atoms with Crippen LogP contribution in [0.2, 0.25) is 5.02 Å². The number of rotatable bonds is 4. The van der Waals surface area contributed by atoms with Crippen LogP contribution in [0.1, 0.15) is 26.2 Å². The summed E-state index contributed by atoms with van der Waals surface area (Å²) in [6, 6.07) is 3.99. The van der Waals surface area contributed by atoms with Crippen molar-refractivity contribution in [2.24, 2.45) is 5.41 Å². The average molecular weight is 299 g/mol. The molecule has 108 valence electrons. The topological polar surface area (TPSA) is 92.5 Å². The van der Waals surface area contributed by atoms with Crippen molar-refractivity contribution in [1.82, 2.24) is 0 Å². The molecule has 1 saturated carbocycles. The zero-order chi connectivity index (χ0) is 14.9. The van der Waals surface area contributed by atoms with E-state index in [4.69, 9.17) is 11.6 Å². The van der Waals surface area contributed by atoms with Gasteiger partial charge in [-0.15, -0.1) is 0 Å². The van der Waals surface area contributed by atoms with Crippen LogP contribution in [-0.4, -0.2) is 22.0 Å². The molecule has 2 unspecified atom stereocenters. The lowest BCUT2D eigenvalue weighted by Crippen LogP contribution is -2.40. The fraction of sp³-hybridized carbons (Fsp3) is 0.462. The fourth-order valence-corrected chi connectivity index (χ4v) is 2.79. The lowest BCUT2D eigenvalue weighted by Gasteiger charge is -2.28. The molecule has 20 heavy (non-hydrogen) atoms. The van der Waals surface area contributed by atoms with E-state index in [1.165, 1.54) is 12.1 Å². The molecule has 0 saturated heterocycles. The summed E-state index contributed by atoms with van der Waals surface area (Å²) in [6.45, 7) is 1.67. The molecule has 1 fully saturated rings. The molecule has 0 aromatic heterocycles. The van der Waals surface area contributed by atoms with Gasteiger partial charge in [0, 0.05) is 17.1 Å². The normalized spacial score (nSPS) is 25.4. The van der Waals surface area contributed by atoms with Gasteiger partial charge in [0.25, 0.3) is 5.69 Å². The number of nitrogens with one attached hydrogen (secondary N) is 1. The molecule has 0 radical (unpaired) electrons. The zero-order valence-electron chi connectivity index (χ0n) is 10.9. The summed E-state index contributed by atoms with van der Waals surface area (Å²) in [6.07, 6.45) is 2.01. The maximum Gasteiger partial charge on any atom is 0.311 e. The Labute approximate surface area is 120 Å². The molecule has 0 amide bonds. The average Bonchev–Trinajstić information content (AvgIpc) is 2.74. The third-order valence-corrected chi connectivity index (χ3v) is 4.17. The van der Waals surface area contributed by atoms with Gasteiger partial charge < -0.3 is 10.4 Å². The van der Waals surface area contributed by atoms with Gasteiger partial charge >= 0.3 is 5.97 Å². The molecule has 2 rings (SSSR count). The van der Waals surface area contributed by atoms with Gasteiger partial charge in [0.05, 0.1) is 10.3 Å². The van der Waals surface area contributed by atoms with Crippen molar-refractivity contribution in [2.75, 3.05) is 5.32 Å². The number of anilines is 1. The summed E-state index contributed by atoms with van der Waals surface area (Å²) in [7, 11) is 0. The fourth-order valence-electron chi connectivity index (χ4n) is 2.62. The molecule has 2 atom stereocenters. The number of carboxylic acids is 1. The van der Waals surface area contributed by atoms with Gasteiger partial charge in [0.1, 0.15) is 5.69 Å². The summed E-state index contributed by atoms with van der Waals surface area (Å²) in [5.41, 5.74) is -0.746. The van der Waals surface area contributed by atoms with Crippen molar-refractivity contribution in [1.29, 1.82) is 0 Å². The molecule has 6 nitrogen and oxygen atoms in total. The van der Waals surface area contributed by atoms with Gasteiger partial charge in [-0.3, -0.25) is 14.9 Å². The van der Waals surface area contributed by atoms with E-state index < -0.39 is 16.3 Å². The van der Waals surface area contributed by atoms with E-state index in [1.807, 2.05) is 0 Å². The number of nitro groups is 1. The summed E-state index contributed by atoms with van der Waals surface area (Å²) in [5, 5.41) is 23.7. The first-order valence-corrected chi connectivity index (χ1v) is 6.66. The highest BCUT2D eigenvalue weighted by atomic mass is 35.5. The molecule has 1 aromatic carbocycles. The zero-order valence-corrected chi connectivity index (χ0v) is 11.7. The highest BCUT2D eigenvalue weighted by Crippen LogP contribution is 2.41. The van der Waals surface area contributed by atoms with Crippen LogP contribution in [0.3, 0.4) is 0 Å². The van der Waals surface area contributed by atoms with Gasteiger partial charge in [-0.25, -0.2) is 0 Å². The van der Waals surface area contributed by atoms with Crippen molar-refractivity contribution >= 4 is 28.9 Å². The van der Waals surface area contributed by atoms with Gasteiger partial charge in [0.2, 0.25) is 0 Å². The maximum atomic E-state index is 11.4. The monoisotopic (exact) mass is 298 g/mol. The van der Waals surface area contributed by atoms with E-state index in [0.717, 1.165) is 6.42 Å². The van der Waals surface area contributed by atoms with Crippen LogP contribution in [-0.2, 0) is 4.79 Å². The first-order valence-electron chi connectivity index (χ1n) is 6.28. The highest BCUT2D eigenvalue weighted by Gasteiger charge is 2.45. The Morgan fingerprint density at radius 1 is 1.60 bits per heavy atom. The van der Waals surface area contributed by atoms with E-state index in [2.05, 4.69) is 5.32 Å². The predicted octanol–water partition coefficient (Wildman–Crippen LogP) is 3.30. The largest absolute Gasteiger partial charge is 0.481 e. The van der Waals surface area contributed by atoms with E-state index >= 15 is 0 Å². The van der Waals surface area contributed by atoms with Crippen LogP contribution in [0.15, 0.2) is 18.2 Å². The van der Waals surface area contributed by atoms with Crippen molar-refractivity contribution in [2.45, 2.75) is 32.2 Å². The number of carbonyl (C=O) groups is 1. The second-order valence-electron chi connectivity index (χ2n) is 5.23. The van der Waals surface area contributed by atoms with Crippen LogP contribution in [0.25, 0.3) is 0 Å². The SMILES string of the molecule is CC1(C(=O)O)CCCC1Nc1ccc(Cl)cc1[N+](=O)[O-]. The van der Waals surface area contributed by atoms with Gasteiger partial charge in [0.15, 0.2) is 0 Å². The third-order valence-electron chi connectivity index (χ3n) is 3.93. The Kier molecular flexibility index (Phi) is 3.85. The van der Waals surface area contributed by atoms with E-state index in [1.54, 1.807) is 13.0 Å². The van der Waals surface area contributed by atoms with Crippen LogP contribution in [0, 0.1) is 15.5 Å². The Hall–Kier alpha value is -1.82. The van der Waals surface area contributed by atoms with E-state index in [0.29, 0.717) is 18.5 Å². The Morgan fingerprint density at radius 2 is 2.30 bits per heavy atom. The Morgan fingerprint density at radius 3 is 2.90 bits per heavy atom. The van der Waals surface area contributed by atoms with Gasteiger partial charge in [-0.1, -0.05) is 18.0 Å². The van der Waals surface area contributed by atoms with E-state index in [9.17, 15) is 20.0 Å². The lowest BCUT2D eigenvalue weighted by molar-refractivity contribution is -0.384. The standard InChI is InChI=1S/C13H15ClN2O4/c1-13(12(17)18)6-2-3-11(13)15-9-5-4-8(14)7-10(9)16(19)20/h4-5,7,11,15H,2-3,6H2,1H3,(H,17,18). The summed E-state index contributed by atoms with van der Waals surface area (Å²) in [4.78, 5) is 21.9. The molecule has 1 aromatic rings. The second-order valence-corrected chi connectivity index (χ2v) is 5.67. The summed E-state index contributed by atoms with van der Waals surface area (Å²) < 4.78 is 0. The number of nitrogens with zero attached hydrogens (tertiary/aromatic N) is 1. The molecule has 0 spiro atoms. The smallest absolute Gasteiger partial charge is 0.311 e. The number of benzene rings is 1. The number of carboxylic acid groups (broad SMARTS) is 1. The lowest BCUT2D eigenvalue weighted by atomic mass is 9.85. The quantitative estimate of drug-likeness (QED) is 0.657. The number of hydrogen-bond donors (Lipinski definition) is 2. The third kappa shape index (κ3) is 2.56. The van der Waals surface area contributed by atoms with Crippen LogP contribution < -0.4 is 5.32 Å². The van der Waals surface area contributed by atoms with Crippen molar-refractivity contribution < 1.29 is 14.8 Å². The van der Waals surface area contributed by atoms with Crippen LogP contribution in [0.5, 0.6) is 0 Å². The minimum atomic E-state index is -0.909. The van der Waals surface area contributed by atoms with Crippen molar-refractivity contribution in [3.8, 4) is 0 Å². The first kappa shape index (κ1) is 14.6. The number of halogens is 1. The van der Waals surface area contributed by atoms with Crippen LogP contribution >= 0.6 is 11.6 Å². The molecular weight excluding hydrogens is 284 g/mol. The Balaban J connectivity index is 2.31. The molecule has 1 aliphatic rings. The molecule has 2 N–H and O–H groups in total. The predicted molar refractivity (Wildman–Crippen MR) is 75.1 cm³/mol. The van der Waals surface area contributed by atoms with Gasteiger partial charge in [-0.05, 0) is 31.9 Å². The molecule has 0 heterocycles. The first-order chi connectivity index (χ1) is 9.34. The summed E-state index contributed by atoms with van der Waals surface area (Å²) >= 11 is 5.76. The highest BCUT2D eigenvalue weighted by molar-refractivity contribution is 6.30. The molecular formula is C13H15ClN2O4. The van der Waals surface area contributed by atoms with Crippen molar-refractivity contribution in [3.05, 3.63) is 33.3 Å².